The van der Waals surface area contributed by atoms with Gasteiger partial charge >= 0.3 is 0 Å². The molecule has 9 rings (SSSR count). The van der Waals surface area contributed by atoms with E-state index in [0.717, 1.165) is 44.5 Å². The first-order valence-corrected chi connectivity index (χ1v) is 14.6. The number of hydrogen-bond donors (Lipinski definition) is 2. The molecule has 5 nitrogen and oxygen atoms in total. The number of rotatable bonds is 3. The van der Waals surface area contributed by atoms with Gasteiger partial charge in [-0.2, -0.15) is 0 Å². The van der Waals surface area contributed by atoms with Crippen molar-refractivity contribution in [2.75, 3.05) is 0 Å². The van der Waals surface area contributed by atoms with Crippen LogP contribution in [0.4, 0.5) is 0 Å². The van der Waals surface area contributed by atoms with Gasteiger partial charge in [-0.1, -0.05) is 103 Å². The van der Waals surface area contributed by atoms with Gasteiger partial charge in [-0.15, -0.1) is 0 Å². The summed E-state index contributed by atoms with van der Waals surface area (Å²) in [5.74, 6) is 0.826. The molecule has 0 aliphatic carbocycles. The largest absolute Gasteiger partial charge is 0.454 e. The highest BCUT2D eigenvalue weighted by atomic mass is 16.3. The van der Waals surface area contributed by atoms with Crippen LogP contribution in [0.25, 0.3) is 54.3 Å². The van der Waals surface area contributed by atoms with Gasteiger partial charge in [-0.3, -0.25) is 10.3 Å². The van der Waals surface area contributed by atoms with Gasteiger partial charge in [0.15, 0.2) is 5.58 Å². The molecule has 3 heterocycles. The molecule has 6 aromatic carbocycles. The summed E-state index contributed by atoms with van der Waals surface area (Å²) < 4.78 is 6.17. The van der Waals surface area contributed by atoms with Crippen molar-refractivity contribution >= 4 is 60.1 Å². The van der Waals surface area contributed by atoms with Crippen LogP contribution >= 0.6 is 0 Å². The molecule has 204 valence electrons. The molecule has 2 N–H and O–H groups in total. The van der Waals surface area contributed by atoms with E-state index < -0.39 is 0 Å². The van der Waals surface area contributed by atoms with Crippen molar-refractivity contribution < 1.29 is 4.42 Å². The number of hydrogen-bond acceptors (Lipinski definition) is 5. The minimum Gasteiger partial charge on any atom is -0.454 e. The lowest BCUT2D eigenvalue weighted by Gasteiger charge is -2.32. The molecule has 1 aliphatic rings. The summed E-state index contributed by atoms with van der Waals surface area (Å²) in [5.41, 5.74) is 4.85. The van der Waals surface area contributed by atoms with Crippen LogP contribution < -0.4 is 10.6 Å². The molecule has 2 aromatic heterocycles. The number of nitrogens with zero attached hydrogens (tertiary/aromatic N) is 2. The Morgan fingerprint density at radius 3 is 2.28 bits per heavy atom. The van der Waals surface area contributed by atoms with Crippen LogP contribution in [0, 0.1) is 0 Å². The molecule has 0 bridgehead atoms. The molecule has 1 aliphatic heterocycles. The number of aliphatic imine (C=N–C) groups is 1. The third-order valence-electron chi connectivity index (χ3n) is 8.64. The minimum atomic E-state index is -0.267. The van der Waals surface area contributed by atoms with Crippen LogP contribution in [0.1, 0.15) is 29.0 Å². The topological polar surface area (TPSA) is 62.5 Å². The lowest BCUT2D eigenvalue weighted by molar-refractivity contribution is 0.409. The van der Waals surface area contributed by atoms with E-state index >= 15 is 0 Å². The Kier molecular flexibility index (Phi) is 5.33. The number of benzene rings is 6. The van der Waals surface area contributed by atoms with Crippen LogP contribution in [0.3, 0.4) is 0 Å². The van der Waals surface area contributed by atoms with Gasteiger partial charge in [0.05, 0.1) is 6.20 Å². The fraction of sp³-hybridized carbons (Fsp3) is 0.0526. The molecule has 0 spiro atoms. The van der Waals surface area contributed by atoms with Crippen molar-refractivity contribution in [3.05, 3.63) is 150 Å². The SMILES string of the molecule is c1ccc(C2NC(c3cccc4oc5cnccc5c34)=NC(c3ccc4ccc5c6ccccc6ccc5c4c3)N2)cc1. The molecule has 0 saturated carbocycles. The second-order valence-electron chi connectivity index (χ2n) is 11.1. The maximum atomic E-state index is 6.17. The summed E-state index contributed by atoms with van der Waals surface area (Å²) in [6.45, 7) is 0. The van der Waals surface area contributed by atoms with Gasteiger partial charge in [0.25, 0.3) is 0 Å². The van der Waals surface area contributed by atoms with E-state index in [-0.39, 0.29) is 12.3 Å². The van der Waals surface area contributed by atoms with E-state index in [4.69, 9.17) is 9.41 Å². The number of pyridine rings is 1. The lowest BCUT2D eigenvalue weighted by Crippen LogP contribution is -2.45. The molecule has 5 heteroatoms. The Bertz CT molecular complexity index is 2370. The van der Waals surface area contributed by atoms with Crippen LogP contribution in [0.15, 0.2) is 143 Å². The second-order valence-corrected chi connectivity index (χ2v) is 11.1. The van der Waals surface area contributed by atoms with E-state index in [2.05, 4.69) is 113 Å². The van der Waals surface area contributed by atoms with Crippen LogP contribution in [0.2, 0.25) is 0 Å². The Morgan fingerprint density at radius 1 is 0.581 bits per heavy atom. The summed E-state index contributed by atoms with van der Waals surface area (Å²) in [5, 5.41) is 17.0. The smallest absolute Gasteiger partial charge is 0.153 e. The van der Waals surface area contributed by atoms with Crippen molar-refractivity contribution in [1.82, 2.24) is 15.6 Å². The summed E-state index contributed by atoms with van der Waals surface area (Å²) in [6, 6.07) is 42.9. The van der Waals surface area contributed by atoms with Gasteiger partial charge in [-0.05, 0) is 61.6 Å². The van der Waals surface area contributed by atoms with Gasteiger partial charge in [0.1, 0.15) is 23.8 Å². The normalized spacial score (nSPS) is 17.1. The van der Waals surface area contributed by atoms with Crippen LogP contribution in [-0.4, -0.2) is 10.8 Å². The molecule has 8 aromatic rings. The van der Waals surface area contributed by atoms with Gasteiger partial charge in [-0.25, -0.2) is 4.99 Å². The number of amidine groups is 1. The summed E-state index contributed by atoms with van der Waals surface area (Å²) in [6.07, 6.45) is 3.18. The Balaban J connectivity index is 1.24. The minimum absolute atomic E-state index is 0.138. The van der Waals surface area contributed by atoms with Gasteiger partial charge in [0, 0.05) is 22.5 Å². The summed E-state index contributed by atoms with van der Waals surface area (Å²) in [4.78, 5) is 9.58. The number of aromatic nitrogens is 1. The van der Waals surface area contributed by atoms with E-state index in [1.54, 1.807) is 6.20 Å². The number of nitrogens with one attached hydrogen (secondary N) is 2. The fourth-order valence-corrected chi connectivity index (χ4v) is 6.57. The van der Waals surface area contributed by atoms with E-state index in [1.165, 1.54) is 32.3 Å². The lowest BCUT2D eigenvalue weighted by atomic mass is 9.95. The van der Waals surface area contributed by atoms with Crippen molar-refractivity contribution in [3.8, 4) is 0 Å². The Hall–Kier alpha value is -5.52. The molecule has 0 saturated heterocycles. The molecular formula is C38H26N4O. The molecule has 0 radical (unpaired) electrons. The highest BCUT2D eigenvalue weighted by Gasteiger charge is 2.27. The number of fused-ring (bicyclic) bond motifs is 8. The van der Waals surface area contributed by atoms with E-state index in [9.17, 15) is 0 Å². The molecule has 43 heavy (non-hydrogen) atoms. The first kappa shape index (κ1) is 24.1. The van der Waals surface area contributed by atoms with E-state index in [0.29, 0.717) is 0 Å². The third kappa shape index (κ3) is 3.90. The highest BCUT2D eigenvalue weighted by Crippen LogP contribution is 2.36. The van der Waals surface area contributed by atoms with Crippen LogP contribution in [-0.2, 0) is 0 Å². The third-order valence-corrected chi connectivity index (χ3v) is 8.64. The van der Waals surface area contributed by atoms with Gasteiger partial charge < -0.3 is 9.73 Å². The molecule has 0 amide bonds. The quantitative estimate of drug-likeness (QED) is 0.214. The Labute approximate surface area is 247 Å². The first-order chi connectivity index (χ1) is 21.3. The average molecular weight is 555 g/mol. The summed E-state index contributed by atoms with van der Waals surface area (Å²) in [7, 11) is 0. The summed E-state index contributed by atoms with van der Waals surface area (Å²) >= 11 is 0. The zero-order valence-electron chi connectivity index (χ0n) is 23.2. The predicted octanol–water partition coefficient (Wildman–Crippen LogP) is 8.78. The van der Waals surface area contributed by atoms with Crippen molar-refractivity contribution in [2.24, 2.45) is 4.99 Å². The molecule has 0 fully saturated rings. The van der Waals surface area contributed by atoms with Crippen LogP contribution in [0.5, 0.6) is 0 Å². The van der Waals surface area contributed by atoms with Gasteiger partial charge in [0.2, 0.25) is 0 Å². The molecular weight excluding hydrogens is 528 g/mol. The predicted molar refractivity (Wildman–Crippen MR) is 175 cm³/mol. The standard InChI is InChI=1S/C38H26N4O/c1-2-8-25(9-3-1)36-40-37(42-38(41-36)31-11-6-12-33-35(31)30-19-20-39-22-34(30)43-33)26-14-13-24-16-17-28-27-10-5-4-7-23(27)15-18-29(28)32(24)21-26/h1-22,36-37,40H,(H,41,42). The molecule has 2 unspecified atom stereocenters. The average Bonchev–Trinajstić information content (AvgIpc) is 3.47. The van der Waals surface area contributed by atoms with E-state index in [1.807, 2.05) is 30.5 Å². The zero-order chi connectivity index (χ0) is 28.3. The van der Waals surface area contributed by atoms with Crippen molar-refractivity contribution in [1.29, 1.82) is 0 Å². The zero-order valence-corrected chi connectivity index (χ0v) is 23.2. The maximum absolute atomic E-state index is 6.17. The fourth-order valence-electron chi connectivity index (χ4n) is 6.57. The highest BCUT2D eigenvalue weighted by molar-refractivity contribution is 6.19. The van der Waals surface area contributed by atoms with Crippen molar-refractivity contribution in [3.63, 3.8) is 0 Å². The first-order valence-electron chi connectivity index (χ1n) is 14.6. The monoisotopic (exact) mass is 554 g/mol. The maximum Gasteiger partial charge on any atom is 0.153 e. The second kappa shape index (κ2) is 9.51. The van der Waals surface area contributed by atoms with Crippen molar-refractivity contribution in [2.45, 2.75) is 12.3 Å². The Morgan fingerprint density at radius 2 is 1.37 bits per heavy atom. The molecule has 2 atom stereocenters. The number of furan rings is 1.